The standard InChI is InChI=1S/C23H20ClN3OS/c1-14-9-15(2)11-18(10-14)22(28)27(13-17-5-4-8-25-12-17)23-26-21-16(3)19(24)6-7-20(21)29-23/h4-12H,13H2,1-3H3. The van der Waals surface area contributed by atoms with Crippen LogP contribution in [0, 0.1) is 20.8 Å². The predicted molar refractivity (Wildman–Crippen MR) is 120 cm³/mol. The molecular weight excluding hydrogens is 402 g/mol. The van der Waals surface area contributed by atoms with Crippen LogP contribution in [-0.2, 0) is 6.54 Å². The van der Waals surface area contributed by atoms with E-state index in [1.165, 1.54) is 11.3 Å². The molecular formula is C23H20ClN3OS. The zero-order chi connectivity index (χ0) is 20.5. The number of nitrogens with zero attached hydrogens (tertiary/aromatic N) is 3. The first-order valence-electron chi connectivity index (χ1n) is 9.27. The number of amides is 1. The molecule has 4 nitrogen and oxygen atoms in total. The molecule has 2 aromatic carbocycles. The van der Waals surface area contributed by atoms with Gasteiger partial charge in [-0.3, -0.25) is 14.7 Å². The maximum atomic E-state index is 13.5. The Morgan fingerprint density at radius 2 is 1.86 bits per heavy atom. The maximum absolute atomic E-state index is 13.5. The summed E-state index contributed by atoms with van der Waals surface area (Å²) in [6, 6.07) is 13.6. The van der Waals surface area contributed by atoms with E-state index in [0.717, 1.165) is 32.5 Å². The molecule has 0 N–H and O–H groups in total. The first-order valence-corrected chi connectivity index (χ1v) is 10.5. The molecule has 0 bridgehead atoms. The van der Waals surface area contributed by atoms with Crippen molar-refractivity contribution in [1.29, 1.82) is 0 Å². The minimum absolute atomic E-state index is 0.0801. The molecule has 0 aliphatic carbocycles. The van der Waals surface area contributed by atoms with Gasteiger partial charge >= 0.3 is 0 Å². The molecule has 29 heavy (non-hydrogen) atoms. The average molecular weight is 422 g/mol. The fourth-order valence-electron chi connectivity index (χ4n) is 3.36. The minimum atomic E-state index is -0.0801. The third kappa shape index (κ3) is 4.02. The summed E-state index contributed by atoms with van der Waals surface area (Å²) >= 11 is 7.77. The van der Waals surface area contributed by atoms with Crippen LogP contribution >= 0.6 is 22.9 Å². The smallest absolute Gasteiger partial charge is 0.260 e. The summed E-state index contributed by atoms with van der Waals surface area (Å²) in [7, 11) is 0. The van der Waals surface area contributed by atoms with Crippen molar-refractivity contribution in [1.82, 2.24) is 9.97 Å². The molecule has 0 fully saturated rings. The Balaban J connectivity index is 1.82. The molecule has 0 aliphatic heterocycles. The van der Waals surface area contributed by atoms with Crippen LogP contribution in [0.4, 0.5) is 5.13 Å². The number of benzene rings is 2. The summed E-state index contributed by atoms with van der Waals surface area (Å²) in [5.74, 6) is -0.0801. The number of anilines is 1. The second-order valence-corrected chi connectivity index (χ2v) is 8.56. The lowest BCUT2D eigenvalue weighted by Crippen LogP contribution is -2.30. The Labute approximate surface area is 178 Å². The lowest BCUT2D eigenvalue weighted by Gasteiger charge is -2.20. The monoisotopic (exact) mass is 421 g/mol. The minimum Gasteiger partial charge on any atom is -0.279 e. The van der Waals surface area contributed by atoms with E-state index in [1.54, 1.807) is 17.3 Å². The predicted octanol–water partition coefficient (Wildman–Crippen LogP) is 6.12. The van der Waals surface area contributed by atoms with Gasteiger partial charge in [0.2, 0.25) is 0 Å². The third-order valence-electron chi connectivity index (χ3n) is 4.74. The van der Waals surface area contributed by atoms with Gasteiger partial charge in [0.15, 0.2) is 5.13 Å². The summed E-state index contributed by atoms with van der Waals surface area (Å²) in [5.41, 5.74) is 5.47. The van der Waals surface area contributed by atoms with E-state index in [4.69, 9.17) is 16.6 Å². The van der Waals surface area contributed by atoms with E-state index < -0.39 is 0 Å². The van der Waals surface area contributed by atoms with E-state index in [-0.39, 0.29) is 5.91 Å². The van der Waals surface area contributed by atoms with Crippen LogP contribution in [0.5, 0.6) is 0 Å². The van der Waals surface area contributed by atoms with Crippen molar-refractivity contribution in [3.05, 3.63) is 87.7 Å². The van der Waals surface area contributed by atoms with Crippen LogP contribution in [0.2, 0.25) is 5.02 Å². The number of thiazole rings is 1. The number of hydrogen-bond donors (Lipinski definition) is 0. The first-order chi connectivity index (χ1) is 13.9. The number of rotatable bonds is 4. The van der Waals surface area contributed by atoms with Crippen molar-refractivity contribution in [2.75, 3.05) is 4.90 Å². The molecule has 1 amide bonds. The van der Waals surface area contributed by atoms with Crippen LogP contribution in [0.3, 0.4) is 0 Å². The molecule has 6 heteroatoms. The highest BCUT2D eigenvalue weighted by Crippen LogP contribution is 2.34. The Kier molecular flexibility index (Phi) is 5.35. The van der Waals surface area contributed by atoms with Gasteiger partial charge in [-0.1, -0.05) is 46.2 Å². The molecule has 0 aliphatic rings. The van der Waals surface area contributed by atoms with E-state index in [1.807, 2.05) is 57.2 Å². The number of carbonyl (C=O) groups excluding carboxylic acids is 1. The highest BCUT2D eigenvalue weighted by Gasteiger charge is 2.23. The van der Waals surface area contributed by atoms with Gasteiger partial charge in [-0.05, 0) is 62.2 Å². The Hall–Kier alpha value is -2.76. The molecule has 146 valence electrons. The van der Waals surface area contributed by atoms with Crippen LogP contribution in [0.1, 0.15) is 32.6 Å². The molecule has 4 aromatic rings. The Morgan fingerprint density at radius 3 is 2.55 bits per heavy atom. The molecule has 2 heterocycles. The second kappa shape index (κ2) is 7.93. The molecule has 4 rings (SSSR count). The van der Waals surface area contributed by atoms with Gasteiger partial charge < -0.3 is 0 Å². The Bertz CT molecular complexity index is 1180. The van der Waals surface area contributed by atoms with Crippen molar-refractivity contribution in [2.24, 2.45) is 0 Å². The third-order valence-corrected chi connectivity index (χ3v) is 6.20. The molecule has 0 saturated heterocycles. The van der Waals surface area contributed by atoms with E-state index in [9.17, 15) is 4.79 Å². The Morgan fingerprint density at radius 1 is 1.10 bits per heavy atom. The quantitative estimate of drug-likeness (QED) is 0.399. The van der Waals surface area contributed by atoms with Gasteiger partial charge in [0.1, 0.15) is 0 Å². The highest BCUT2D eigenvalue weighted by molar-refractivity contribution is 7.22. The van der Waals surface area contributed by atoms with E-state index in [0.29, 0.717) is 22.3 Å². The number of aromatic nitrogens is 2. The van der Waals surface area contributed by atoms with Crippen LogP contribution < -0.4 is 4.90 Å². The van der Waals surface area contributed by atoms with Crippen molar-refractivity contribution < 1.29 is 4.79 Å². The summed E-state index contributed by atoms with van der Waals surface area (Å²) in [6.07, 6.45) is 3.50. The molecule has 0 saturated carbocycles. The fraction of sp³-hybridized carbons (Fsp3) is 0.174. The molecule has 2 aromatic heterocycles. The summed E-state index contributed by atoms with van der Waals surface area (Å²) < 4.78 is 1.01. The summed E-state index contributed by atoms with van der Waals surface area (Å²) in [6.45, 7) is 6.34. The van der Waals surface area contributed by atoms with E-state index in [2.05, 4.69) is 11.1 Å². The number of fused-ring (bicyclic) bond motifs is 1. The van der Waals surface area contributed by atoms with Gasteiger partial charge in [-0.15, -0.1) is 0 Å². The lowest BCUT2D eigenvalue weighted by atomic mass is 10.1. The van der Waals surface area contributed by atoms with Gasteiger partial charge in [0.25, 0.3) is 5.91 Å². The van der Waals surface area contributed by atoms with Crippen LogP contribution in [-0.4, -0.2) is 15.9 Å². The molecule has 0 unspecified atom stereocenters. The van der Waals surface area contributed by atoms with Gasteiger partial charge in [0.05, 0.1) is 16.8 Å². The first kappa shape index (κ1) is 19.6. The number of aryl methyl sites for hydroxylation is 3. The average Bonchev–Trinajstić information content (AvgIpc) is 3.13. The van der Waals surface area contributed by atoms with Crippen molar-refractivity contribution in [3.8, 4) is 0 Å². The molecule has 0 radical (unpaired) electrons. The second-order valence-electron chi connectivity index (χ2n) is 7.14. The van der Waals surface area contributed by atoms with Crippen molar-refractivity contribution in [3.63, 3.8) is 0 Å². The number of pyridine rings is 1. The zero-order valence-electron chi connectivity index (χ0n) is 16.4. The van der Waals surface area contributed by atoms with Crippen LogP contribution in [0.25, 0.3) is 10.2 Å². The van der Waals surface area contributed by atoms with E-state index >= 15 is 0 Å². The summed E-state index contributed by atoms with van der Waals surface area (Å²) in [5, 5.41) is 1.33. The highest BCUT2D eigenvalue weighted by atomic mass is 35.5. The van der Waals surface area contributed by atoms with Crippen molar-refractivity contribution in [2.45, 2.75) is 27.3 Å². The molecule has 0 spiro atoms. The molecule has 0 atom stereocenters. The lowest BCUT2D eigenvalue weighted by molar-refractivity contribution is 0.0985. The van der Waals surface area contributed by atoms with Gasteiger partial charge in [-0.25, -0.2) is 4.98 Å². The normalized spacial score (nSPS) is 11.0. The summed E-state index contributed by atoms with van der Waals surface area (Å²) in [4.78, 5) is 24.2. The zero-order valence-corrected chi connectivity index (χ0v) is 18.0. The topological polar surface area (TPSA) is 46.1 Å². The van der Waals surface area contributed by atoms with Gasteiger partial charge in [-0.2, -0.15) is 0 Å². The number of halogens is 1. The number of carbonyl (C=O) groups is 1. The maximum Gasteiger partial charge on any atom is 0.260 e. The fourth-order valence-corrected chi connectivity index (χ4v) is 4.53. The van der Waals surface area contributed by atoms with Crippen LogP contribution in [0.15, 0.2) is 54.9 Å². The van der Waals surface area contributed by atoms with Gasteiger partial charge in [0, 0.05) is 23.0 Å². The SMILES string of the molecule is Cc1cc(C)cc(C(=O)N(Cc2cccnc2)c2nc3c(C)c(Cl)ccc3s2)c1. The number of hydrogen-bond acceptors (Lipinski definition) is 4. The van der Waals surface area contributed by atoms with Crippen molar-refractivity contribution >= 4 is 44.2 Å². The largest absolute Gasteiger partial charge is 0.279 e.